The van der Waals surface area contributed by atoms with Gasteiger partial charge < -0.3 is 9.84 Å². The van der Waals surface area contributed by atoms with Crippen LogP contribution in [-0.4, -0.2) is 24.5 Å². The summed E-state index contributed by atoms with van der Waals surface area (Å²) in [6.07, 6.45) is -2.57. The number of amides is 1. The van der Waals surface area contributed by atoms with E-state index in [9.17, 15) is 18.0 Å². The van der Waals surface area contributed by atoms with Gasteiger partial charge in [0.15, 0.2) is 17.5 Å². The Kier molecular flexibility index (Phi) is 3.95. The monoisotopic (exact) mass is 249 g/mol. The third kappa shape index (κ3) is 2.50. The van der Waals surface area contributed by atoms with Crippen molar-refractivity contribution in [1.29, 1.82) is 0 Å². The molecule has 1 aromatic rings. The zero-order valence-corrected chi connectivity index (χ0v) is 9.08. The van der Waals surface area contributed by atoms with Crippen molar-refractivity contribution < 1.29 is 27.8 Å². The zero-order chi connectivity index (χ0) is 13.2. The fourth-order valence-electron chi connectivity index (χ4n) is 1.26. The number of benzene rings is 1. The highest BCUT2D eigenvalue weighted by molar-refractivity contribution is 5.86. The van der Waals surface area contributed by atoms with Crippen molar-refractivity contribution >= 4 is 11.8 Å². The van der Waals surface area contributed by atoms with Crippen LogP contribution in [0.1, 0.15) is 6.92 Å². The minimum absolute atomic E-state index is 0.456. The van der Waals surface area contributed by atoms with E-state index in [1.165, 1.54) is 14.0 Å². The molecule has 1 aromatic carbocycles. The lowest BCUT2D eigenvalue weighted by Gasteiger charge is -2.25. The van der Waals surface area contributed by atoms with Gasteiger partial charge in [0.05, 0.1) is 5.69 Å². The van der Waals surface area contributed by atoms with E-state index in [1.54, 1.807) is 0 Å². The van der Waals surface area contributed by atoms with Crippen molar-refractivity contribution in [2.45, 2.75) is 13.2 Å². The number of nitrogens with zero attached hydrogens (tertiary/aromatic N) is 1. The molecule has 0 aliphatic rings. The molecule has 1 N–H and O–H groups in total. The van der Waals surface area contributed by atoms with Gasteiger partial charge in [0, 0.05) is 7.11 Å². The van der Waals surface area contributed by atoms with Gasteiger partial charge in [-0.3, -0.25) is 0 Å². The zero-order valence-electron chi connectivity index (χ0n) is 9.08. The van der Waals surface area contributed by atoms with E-state index in [0.29, 0.717) is 11.0 Å². The summed E-state index contributed by atoms with van der Waals surface area (Å²) in [7, 11) is 1.21. The first kappa shape index (κ1) is 13.3. The molecule has 1 atom stereocenters. The summed E-state index contributed by atoms with van der Waals surface area (Å²) < 4.78 is 43.8. The second-order valence-corrected chi connectivity index (χ2v) is 3.18. The molecule has 0 saturated heterocycles. The van der Waals surface area contributed by atoms with Crippen LogP contribution in [0.4, 0.5) is 23.7 Å². The van der Waals surface area contributed by atoms with Gasteiger partial charge >= 0.3 is 6.09 Å². The van der Waals surface area contributed by atoms with E-state index in [1.807, 2.05) is 0 Å². The lowest BCUT2D eigenvalue weighted by Crippen LogP contribution is -2.39. The fourth-order valence-corrected chi connectivity index (χ4v) is 1.26. The lowest BCUT2D eigenvalue weighted by molar-refractivity contribution is 0.107. The lowest BCUT2D eigenvalue weighted by atomic mass is 10.2. The molecule has 17 heavy (non-hydrogen) atoms. The third-order valence-electron chi connectivity index (χ3n) is 2.19. The SMILES string of the molecule is COC(C)N(C(=O)O)c1ccc(F)c(F)c1F. The normalized spacial score (nSPS) is 12.3. The van der Waals surface area contributed by atoms with Crippen LogP contribution in [-0.2, 0) is 4.74 Å². The largest absolute Gasteiger partial charge is 0.465 e. The highest BCUT2D eigenvalue weighted by Gasteiger charge is 2.26. The number of ether oxygens (including phenoxy) is 1. The molecule has 0 fully saturated rings. The molecule has 1 amide bonds. The van der Waals surface area contributed by atoms with Crippen LogP contribution in [0.2, 0.25) is 0 Å². The van der Waals surface area contributed by atoms with Crippen molar-refractivity contribution in [3.63, 3.8) is 0 Å². The molecule has 0 radical (unpaired) electrons. The second kappa shape index (κ2) is 5.05. The highest BCUT2D eigenvalue weighted by Crippen LogP contribution is 2.25. The molecule has 0 bridgehead atoms. The number of methoxy groups -OCH3 is 1. The Morgan fingerprint density at radius 2 is 1.94 bits per heavy atom. The summed E-state index contributed by atoms with van der Waals surface area (Å²) in [6.45, 7) is 1.33. The summed E-state index contributed by atoms with van der Waals surface area (Å²) in [5, 5.41) is 8.88. The number of anilines is 1. The Balaban J connectivity index is 3.29. The van der Waals surface area contributed by atoms with Gasteiger partial charge in [-0.05, 0) is 19.1 Å². The Labute approximate surface area is 95.2 Å². The average Bonchev–Trinajstić information content (AvgIpc) is 2.28. The Morgan fingerprint density at radius 3 is 2.41 bits per heavy atom. The molecule has 0 saturated carbocycles. The van der Waals surface area contributed by atoms with Gasteiger partial charge in [0.2, 0.25) is 0 Å². The van der Waals surface area contributed by atoms with E-state index in [4.69, 9.17) is 9.84 Å². The van der Waals surface area contributed by atoms with Crippen molar-refractivity contribution in [3.8, 4) is 0 Å². The van der Waals surface area contributed by atoms with E-state index in [2.05, 4.69) is 0 Å². The molecule has 0 spiro atoms. The number of carboxylic acid groups (broad SMARTS) is 1. The van der Waals surface area contributed by atoms with Gasteiger partial charge in [-0.15, -0.1) is 0 Å². The smallest absolute Gasteiger partial charge is 0.414 e. The molecular formula is C10H10F3NO3. The van der Waals surface area contributed by atoms with Gasteiger partial charge in [-0.2, -0.15) is 0 Å². The summed E-state index contributed by atoms with van der Waals surface area (Å²) >= 11 is 0. The molecule has 7 heteroatoms. The molecule has 0 heterocycles. The standard InChI is InChI=1S/C10H10F3NO3/c1-5(17-2)14(10(15)16)7-4-3-6(11)8(12)9(7)13/h3-5H,1-2H3,(H,15,16). The fraction of sp³-hybridized carbons (Fsp3) is 0.300. The maximum Gasteiger partial charge on any atom is 0.414 e. The summed E-state index contributed by atoms with van der Waals surface area (Å²) in [5.74, 6) is -4.69. The van der Waals surface area contributed by atoms with Crippen molar-refractivity contribution in [2.75, 3.05) is 12.0 Å². The minimum atomic E-state index is -1.72. The van der Waals surface area contributed by atoms with Gasteiger partial charge in [-0.25, -0.2) is 22.9 Å². The van der Waals surface area contributed by atoms with Crippen LogP contribution in [0, 0.1) is 17.5 Å². The maximum absolute atomic E-state index is 13.4. The topological polar surface area (TPSA) is 49.8 Å². The van der Waals surface area contributed by atoms with Gasteiger partial charge in [-0.1, -0.05) is 0 Å². The Morgan fingerprint density at radius 1 is 1.35 bits per heavy atom. The predicted molar refractivity (Wildman–Crippen MR) is 53.3 cm³/mol. The first-order chi connectivity index (χ1) is 7.90. The summed E-state index contributed by atoms with van der Waals surface area (Å²) in [6, 6.07) is 1.48. The van der Waals surface area contributed by atoms with Gasteiger partial charge in [0.25, 0.3) is 0 Å². The number of carbonyl (C=O) groups is 1. The number of halogens is 3. The minimum Gasteiger partial charge on any atom is -0.465 e. The summed E-state index contributed by atoms with van der Waals surface area (Å²) in [5.41, 5.74) is -0.606. The van der Waals surface area contributed by atoms with Crippen LogP contribution < -0.4 is 4.90 Å². The van der Waals surface area contributed by atoms with Crippen LogP contribution in [0.15, 0.2) is 12.1 Å². The van der Waals surface area contributed by atoms with Crippen LogP contribution in [0.3, 0.4) is 0 Å². The third-order valence-corrected chi connectivity index (χ3v) is 2.19. The highest BCUT2D eigenvalue weighted by atomic mass is 19.2. The van der Waals surface area contributed by atoms with Crippen LogP contribution >= 0.6 is 0 Å². The van der Waals surface area contributed by atoms with E-state index in [-0.39, 0.29) is 0 Å². The van der Waals surface area contributed by atoms with Crippen molar-refractivity contribution in [3.05, 3.63) is 29.6 Å². The van der Waals surface area contributed by atoms with Crippen LogP contribution in [0.25, 0.3) is 0 Å². The number of hydrogen-bond donors (Lipinski definition) is 1. The average molecular weight is 249 g/mol. The molecule has 1 unspecified atom stereocenters. The van der Waals surface area contributed by atoms with Crippen molar-refractivity contribution in [2.24, 2.45) is 0 Å². The molecular weight excluding hydrogens is 239 g/mol. The van der Waals surface area contributed by atoms with Gasteiger partial charge in [0.1, 0.15) is 6.23 Å². The van der Waals surface area contributed by atoms with E-state index < -0.39 is 35.5 Å². The molecule has 94 valence electrons. The predicted octanol–water partition coefficient (Wildman–Crippen LogP) is 2.58. The second-order valence-electron chi connectivity index (χ2n) is 3.18. The molecule has 0 aliphatic carbocycles. The van der Waals surface area contributed by atoms with E-state index in [0.717, 1.165) is 6.07 Å². The summed E-state index contributed by atoms with van der Waals surface area (Å²) in [4.78, 5) is 11.4. The molecule has 4 nitrogen and oxygen atoms in total. The quantitative estimate of drug-likeness (QED) is 0.661. The first-order valence-electron chi connectivity index (χ1n) is 4.58. The van der Waals surface area contributed by atoms with E-state index >= 15 is 0 Å². The molecule has 0 aliphatic heterocycles. The van der Waals surface area contributed by atoms with Crippen LogP contribution in [0.5, 0.6) is 0 Å². The molecule has 1 rings (SSSR count). The first-order valence-corrected chi connectivity index (χ1v) is 4.58. The number of hydrogen-bond acceptors (Lipinski definition) is 2. The molecule has 0 aromatic heterocycles. The Bertz CT molecular complexity index is 439. The number of rotatable bonds is 3. The van der Waals surface area contributed by atoms with Crippen molar-refractivity contribution in [1.82, 2.24) is 0 Å². The maximum atomic E-state index is 13.4. The Hall–Kier alpha value is -1.76.